The van der Waals surface area contributed by atoms with Crippen molar-refractivity contribution in [3.05, 3.63) is 96.4 Å². The van der Waals surface area contributed by atoms with Gasteiger partial charge in [0.1, 0.15) is 6.10 Å². The maximum atomic E-state index is 11.6. The first-order chi connectivity index (χ1) is 18.3. The summed E-state index contributed by atoms with van der Waals surface area (Å²) in [7, 11) is -1.15. The lowest BCUT2D eigenvalue weighted by atomic mass is 9.99. The lowest BCUT2D eigenvalue weighted by molar-refractivity contribution is 0.193. The Kier molecular flexibility index (Phi) is 9.15. The minimum atomic E-state index is -3.04. The maximum absolute atomic E-state index is 11.6. The molecule has 9 heteroatoms. The Morgan fingerprint density at radius 2 is 1.84 bits per heavy atom. The Balaban J connectivity index is 0.000000622. The van der Waals surface area contributed by atoms with Crippen LogP contribution in [0.3, 0.4) is 0 Å². The number of nitrogens with one attached hydrogen (secondary N) is 2. The van der Waals surface area contributed by atoms with Gasteiger partial charge in [-0.05, 0) is 23.1 Å². The monoisotopic (exact) mass is 537 g/mol. The Hall–Kier alpha value is -3.69. The molecule has 1 aliphatic rings. The summed E-state index contributed by atoms with van der Waals surface area (Å²) in [5, 5.41) is 11.1. The average Bonchev–Trinajstić information content (AvgIpc) is 3.35. The molecule has 4 aromatic rings. The molecule has 8 nitrogen and oxygen atoms in total. The van der Waals surface area contributed by atoms with E-state index in [1.54, 1.807) is 10.9 Å². The molecule has 0 unspecified atom stereocenters. The zero-order valence-corrected chi connectivity index (χ0v) is 22.9. The topological polar surface area (TPSA) is 98.1 Å². The van der Waals surface area contributed by atoms with E-state index in [4.69, 9.17) is 4.74 Å². The summed E-state index contributed by atoms with van der Waals surface area (Å²) in [5.41, 5.74) is 4.85. The summed E-state index contributed by atoms with van der Waals surface area (Å²) in [6, 6.07) is 21.8. The van der Waals surface area contributed by atoms with Crippen LogP contribution in [0.1, 0.15) is 26.8 Å². The van der Waals surface area contributed by atoms with E-state index in [0.717, 1.165) is 34.5 Å². The number of benzene rings is 2. The number of aromatic nitrogens is 3. The minimum Gasteiger partial charge on any atom is -0.470 e. The fourth-order valence-electron chi connectivity index (χ4n) is 4.19. The van der Waals surface area contributed by atoms with E-state index < -0.39 is 9.84 Å². The van der Waals surface area contributed by atoms with Crippen LogP contribution >= 0.6 is 0 Å². The van der Waals surface area contributed by atoms with Crippen LogP contribution in [0.4, 0.5) is 5.69 Å². The number of aryl methyl sites for hydroxylation is 1. The van der Waals surface area contributed by atoms with Crippen molar-refractivity contribution in [2.75, 3.05) is 31.2 Å². The average molecular weight is 538 g/mol. The van der Waals surface area contributed by atoms with Crippen molar-refractivity contribution in [2.45, 2.75) is 24.7 Å². The molecule has 38 heavy (non-hydrogen) atoms. The van der Waals surface area contributed by atoms with Crippen LogP contribution in [-0.2, 0) is 22.6 Å². The molecular weight excluding hydrogens is 498 g/mol. The van der Waals surface area contributed by atoms with Crippen LogP contribution < -0.4 is 15.4 Å². The Morgan fingerprint density at radius 3 is 2.50 bits per heavy atom. The molecule has 2 aromatic heterocycles. The molecule has 0 fully saturated rings. The first kappa shape index (κ1) is 27.3. The van der Waals surface area contributed by atoms with E-state index in [1.165, 1.54) is 6.26 Å². The molecule has 5 rings (SSSR count). The van der Waals surface area contributed by atoms with Crippen molar-refractivity contribution in [1.29, 1.82) is 0 Å². The molecule has 2 atom stereocenters. The van der Waals surface area contributed by atoms with Gasteiger partial charge < -0.3 is 15.4 Å². The van der Waals surface area contributed by atoms with E-state index in [0.29, 0.717) is 19.0 Å². The zero-order chi connectivity index (χ0) is 27.0. The van der Waals surface area contributed by atoms with Crippen LogP contribution in [0.25, 0.3) is 11.1 Å². The molecule has 0 radical (unpaired) electrons. The van der Waals surface area contributed by atoms with Crippen LogP contribution in [0.15, 0.2) is 85.3 Å². The van der Waals surface area contributed by atoms with Crippen molar-refractivity contribution < 1.29 is 16.0 Å². The van der Waals surface area contributed by atoms with E-state index in [9.17, 15) is 8.42 Å². The Labute approximate surface area is 228 Å². The Bertz CT molecular complexity index is 1410. The highest BCUT2D eigenvalue weighted by atomic mass is 32.2. The van der Waals surface area contributed by atoms with Gasteiger partial charge in [-0.3, -0.25) is 4.68 Å². The number of nitrogens with zero attached hydrogens (tertiary/aromatic N) is 3. The van der Waals surface area contributed by atoms with Gasteiger partial charge in [0.2, 0.25) is 5.88 Å². The first-order valence-corrected chi connectivity index (χ1v) is 14.7. The van der Waals surface area contributed by atoms with E-state index in [-0.39, 0.29) is 20.6 Å². The second-order valence-electron chi connectivity index (χ2n) is 9.63. The maximum Gasteiger partial charge on any atom is 0.237 e. The number of ether oxygens (including phenoxy) is 1. The highest BCUT2D eigenvalue weighted by Crippen LogP contribution is 2.31. The van der Waals surface area contributed by atoms with Crippen LogP contribution in [0.5, 0.6) is 5.88 Å². The van der Waals surface area contributed by atoms with E-state index >= 15 is 0 Å². The lowest BCUT2D eigenvalue weighted by Crippen LogP contribution is -2.40. The molecule has 2 aromatic carbocycles. The van der Waals surface area contributed by atoms with Gasteiger partial charge >= 0.3 is 0 Å². The molecule has 1 aliphatic heterocycles. The third-order valence-corrected chi connectivity index (χ3v) is 6.98. The first-order valence-electron chi connectivity index (χ1n) is 12.6. The highest BCUT2D eigenvalue weighted by Gasteiger charge is 2.21. The van der Waals surface area contributed by atoms with E-state index in [2.05, 4.69) is 27.6 Å². The van der Waals surface area contributed by atoms with Crippen LogP contribution in [0, 0.1) is 0 Å². The molecule has 0 saturated carbocycles. The normalized spacial score (nSPS) is 15.3. The molecule has 0 spiro atoms. The van der Waals surface area contributed by atoms with Gasteiger partial charge in [-0.1, -0.05) is 67.6 Å². The third-order valence-electron chi connectivity index (χ3n) is 6.13. The number of anilines is 1. The molecule has 0 amide bonds. The summed E-state index contributed by atoms with van der Waals surface area (Å²) in [6.45, 7) is 4.27. The molecular formula is C29H39N5O3S. The van der Waals surface area contributed by atoms with Gasteiger partial charge in [-0.25, -0.2) is 13.4 Å². The second kappa shape index (κ2) is 12.7. The minimum absolute atomic E-state index is 0. The van der Waals surface area contributed by atoms with Gasteiger partial charge in [-0.15, -0.1) is 0 Å². The summed E-state index contributed by atoms with van der Waals surface area (Å²) >= 11 is 0. The van der Waals surface area contributed by atoms with Gasteiger partial charge in [0.25, 0.3) is 0 Å². The fourth-order valence-corrected chi connectivity index (χ4v) is 4.98. The fraction of sp³-hybridized carbons (Fsp3) is 0.310. The molecule has 3 heterocycles. The molecule has 204 valence electrons. The van der Waals surface area contributed by atoms with Crippen LogP contribution in [-0.4, -0.2) is 55.2 Å². The SMILES string of the molecule is C[C@H](CNC[C@@H]1CNc2cc(-c3cnn(C)c3)cnc2O1)c1cccc(CS(C)(=O)=O)c1.[HH].[HH].c1ccccc1. The van der Waals surface area contributed by atoms with E-state index in [1.807, 2.05) is 86.2 Å². The summed E-state index contributed by atoms with van der Waals surface area (Å²) < 4.78 is 31.0. The van der Waals surface area contributed by atoms with Gasteiger partial charge in [0.05, 0.1) is 24.2 Å². The van der Waals surface area contributed by atoms with Crippen molar-refractivity contribution in [3.63, 3.8) is 0 Å². The van der Waals surface area contributed by atoms with Gasteiger partial charge in [0.15, 0.2) is 9.84 Å². The largest absolute Gasteiger partial charge is 0.470 e. The lowest BCUT2D eigenvalue weighted by Gasteiger charge is -2.27. The molecule has 2 N–H and O–H groups in total. The van der Waals surface area contributed by atoms with Crippen LogP contribution in [0.2, 0.25) is 0 Å². The van der Waals surface area contributed by atoms with Crippen molar-refractivity contribution in [3.8, 4) is 17.0 Å². The predicted molar refractivity (Wildman–Crippen MR) is 156 cm³/mol. The predicted octanol–water partition coefficient (Wildman–Crippen LogP) is 4.77. The number of pyridine rings is 1. The van der Waals surface area contributed by atoms with Crippen molar-refractivity contribution in [2.24, 2.45) is 7.05 Å². The summed E-state index contributed by atoms with van der Waals surface area (Å²) in [4.78, 5) is 4.49. The summed E-state index contributed by atoms with van der Waals surface area (Å²) in [6.07, 6.45) is 6.81. The number of hydrogen-bond donors (Lipinski definition) is 2. The molecule has 0 aliphatic carbocycles. The van der Waals surface area contributed by atoms with Gasteiger partial charge in [-0.2, -0.15) is 5.10 Å². The second-order valence-corrected chi connectivity index (χ2v) is 11.8. The number of fused-ring (bicyclic) bond motifs is 1. The number of rotatable bonds is 8. The molecule has 0 bridgehead atoms. The van der Waals surface area contributed by atoms with Crippen molar-refractivity contribution >= 4 is 15.5 Å². The molecule has 0 saturated heterocycles. The number of hydrogen-bond acceptors (Lipinski definition) is 7. The highest BCUT2D eigenvalue weighted by molar-refractivity contribution is 7.89. The summed E-state index contributed by atoms with van der Waals surface area (Å²) in [5.74, 6) is 0.924. The standard InChI is InChI=1S/C23H29N5O3S.C6H6.2H2/c1-16(18-6-4-5-17(7-18)15-32(3,29)30)9-24-12-21-13-25-22-8-19(10-26-23(22)31-21)20-11-27-28(2)14-20;1-2-4-6-5-3-1;;/h4-8,10-11,14,16,21,24-25H,9,12-13,15H2,1-3H3;1-6H;2*1H/t16-,21-;;;/m1.../s1. The quantitative estimate of drug-likeness (QED) is 0.334. The smallest absolute Gasteiger partial charge is 0.237 e. The Morgan fingerprint density at radius 1 is 1.11 bits per heavy atom. The van der Waals surface area contributed by atoms with Gasteiger partial charge in [0, 0.05) is 52.8 Å². The zero-order valence-electron chi connectivity index (χ0n) is 22.0. The number of sulfone groups is 1. The third kappa shape index (κ3) is 8.16. The van der Waals surface area contributed by atoms with Crippen molar-refractivity contribution in [1.82, 2.24) is 20.1 Å².